The summed E-state index contributed by atoms with van der Waals surface area (Å²) in [5.74, 6) is -0.822. The first-order valence-corrected chi connectivity index (χ1v) is 15.4. The van der Waals surface area contributed by atoms with Gasteiger partial charge in [-0.1, -0.05) is 6.92 Å². The van der Waals surface area contributed by atoms with Crippen molar-refractivity contribution < 1.29 is 43.8 Å². The largest absolute Gasteiger partial charge is 0.497 e. The van der Waals surface area contributed by atoms with E-state index in [-0.39, 0.29) is 36.3 Å². The van der Waals surface area contributed by atoms with Crippen LogP contribution in [0, 0.1) is 34.5 Å². The molecule has 13 atom stereocenters. The van der Waals surface area contributed by atoms with Gasteiger partial charge in [0.15, 0.2) is 0 Å². The maximum absolute atomic E-state index is 13.6. The molecule has 0 aromatic heterocycles. The van der Waals surface area contributed by atoms with E-state index in [9.17, 15) is 20.1 Å². The lowest BCUT2D eigenvalue weighted by atomic mass is 9.42. The van der Waals surface area contributed by atoms with E-state index in [4.69, 9.17) is 23.7 Å². The predicted molar refractivity (Wildman–Crippen MR) is 150 cm³/mol. The standard InChI is InChI=1S/C32H45NO9/c1-6-33-15-29(16-38-2)21-11-19-26(33)32(21,23(40-4)12-22(29)34)20-13-31(37)24(41-5)14-30(19,36)25(20)27(31)42-28(35)17-7-9-18(39-3)10-8-17/h7-10,19-27,34,36-37H,6,11-16H2,1-5H3/t19-,20?,21+,22+,23-,24-,25?,26?,27+,29+,30-,31-,32+/m0/s1. The number of aliphatic hydroxyl groups is 3. The molecule has 0 radical (unpaired) electrons. The van der Waals surface area contributed by atoms with Gasteiger partial charge in [-0.2, -0.15) is 0 Å². The molecule has 7 rings (SSSR count). The zero-order chi connectivity index (χ0) is 29.8. The van der Waals surface area contributed by atoms with Crippen molar-refractivity contribution in [3.8, 4) is 5.75 Å². The Morgan fingerprint density at radius 2 is 1.69 bits per heavy atom. The van der Waals surface area contributed by atoms with Gasteiger partial charge in [0, 0.05) is 69.4 Å². The molecule has 1 aromatic carbocycles. The average Bonchev–Trinajstić information content (AvgIpc) is 3.39. The molecule has 7 bridgehead atoms. The fourth-order valence-electron chi connectivity index (χ4n) is 11.7. The summed E-state index contributed by atoms with van der Waals surface area (Å²) in [5, 5.41) is 37.2. The quantitative estimate of drug-likeness (QED) is 0.385. The number of methoxy groups -OCH3 is 4. The highest BCUT2D eigenvalue weighted by Gasteiger charge is 2.87. The maximum Gasteiger partial charge on any atom is 0.338 e. The molecule has 1 spiro atoms. The smallest absolute Gasteiger partial charge is 0.338 e. The van der Waals surface area contributed by atoms with Crippen molar-refractivity contribution in [3.63, 3.8) is 0 Å². The maximum atomic E-state index is 13.6. The van der Waals surface area contributed by atoms with Crippen LogP contribution in [0.4, 0.5) is 0 Å². The third kappa shape index (κ3) is 3.27. The molecular formula is C32H45NO9. The van der Waals surface area contributed by atoms with Gasteiger partial charge in [0.25, 0.3) is 0 Å². The zero-order valence-electron chi connectivity index (χ0n) is 25.2. The fourth-order valence-corrected chi connectivity index (χ4v) is 11.7. The topological polar surface area (TPSA) is 127 Å². The van der Waals surface area contributed by atoms with Crippen LogP contribution >= 0.6 is 0 Å². The van der Waals surface area contributed by atoms with Gasteiger partial charge in [-0.25, -0.2) is 4.79 Å². The molecule has 0 amide bonds. The predicted octanol–water partition coefficient (Wildman–Crippen LogP) is 1.49. The lowest BCUT2D eigenvalue weighted by Gasteiger charge is -2.70. The second-order valence-electron chi connectivity index (χ2n) is 13.8. The second-order valence-corrected chi connectivity index (χ2v) is 13.8. The number of hydrogen-bond acceptors (Lipinski definition) is 10. The number of carbonyl (C=O) groups excluding carboxylic acids is 1. The van der Waals surface area contributed by atoms with Crippen molar-refractivity contribution in [2.75, 3.05) is 48.1 Å². The van der Waals surface area contributed by atoms with Crippen molar-refractivity contribution in [2.45, 2.75) is 74.3 Å². The van der Waals surface area contributed by atoms with Gasteiger partial charge < -0.3 is 39.0 Å². The van der Waals surface area contributed by atoms with Crippen LogP contribution in [0.5, 0.6) is 5.75 Å². The highest BCUT2D eigenvalue weighted by molar-refractivity contribution is 5.89. The summed E-state index contributed by atoms with van der Waals surface area (Å²) in [4.78, 5) is 16.0. The number of benzene rings is 1. The molecule has 10 heteroatoms. The first kappa shape index (κ1) is 29.0. The average molecular weight is 588 g/mol. The van der Waals surface area contributed by atoms with Crippen LogP contribution in [-0.4, -0.2) is 116 Å². The van der Waals surface area contributed by atoms with Gasteiger partial charge >= 0.3 is 5.97 Å². The van der Waals surface area contributed by atoms with Crippen molar-refractivity contribution in [3.05, 3.63) is 29.8 Å². The zero-order valence-corrected chi connectivity index (χ0v) is 25.2. The van der Waals surface area contributed by atoms with Crippen LogP contribution in [0.1, 0.15) is 43.0 Å². The second kappa shape index (κ2) is 9.60. The fraction of sp³-hybridized carbons (Fsp3) is 0.781. The van der Waals surface area contributed by atoms with E-state index >= 15 is 0 Å². The molecule has 6 aliphatic rings. The van der Waals surface area contributed by atoms with E-state index in [0.29, 0.717) is 43.7 Å². The van der Waals surface area contributed by atoms with Crippen molar-refractivity contribution in [1.29, 1.82) is 0 Å². The Labute approximate surface area is 247 Å². The number of piperidine rings is 1. The van der Waals surface area contributed by atoms with Crippen LogP contribution in [0.2, 0.25) is 0 Å². The summed E-state index contributed by atoms with van der Waals surface area (Å²) < 4.78 is 29.6. The molecule has 1 heterocycles. The van der Waals surface area contributed by atoms with Gasteiger partial charge in [0.05, 0.1) is 43.2 Å². The minimum Gasteiger partial charge on any atom is -0.497 e. The molecule has 3 unspecified atom stereocenters. The number of likely N-dealkylation sites (tertiary alicyclic amines) is 1. The van der Waals surface area contributed by atoms with Gasteiger partial charge in [-0.3, -0.25) is 4.90 Å². The first-order valence-electron chi connectivity index (χ1n) is 15.4. The summed E-state index contributed by atoms with van der Waals surface area (Å²) in [6, 6.07) is 6.69. The summed E-state index contributed by atoms with van der Waals surface area (Å²) in [7, 11) is 6.52. The van der Waals surface area contributed by atoms with Gasteiger partial charge in [-0.15, -0.1) is 0 Å². The number of esters is 1. The summed E-state index contributed by atoms with van der Waals surface area (Å²) in [6.45, 7) is 3.98. The van der Waals surface area contributed by atoms with Crippen LogP contribution in [0.15, 0.2) is 24.3 Å². The van der Waals surface area contributed by atoms with Gasteiger partial charge in [0.2, 0.25) is 0 Å². The Bertz CT molecular complexity index is 1230. The highest BCUT2D eigenvalue weighted by Crippen LogP contribution is 2.79. The van der Waals surface area contributed by atoms with E-state index in [1.165, 1.54) is 0 Å². The number of nitrogens with zero attached hydrogens (tertiary/aromatic N) is 1. The van der Waals surface area contributed by atoms with E-state index in [1.54, 1.807) is 52.7 Å². The molecule has 1 aromatic rings. The monoisotopic (exact) mass is 587 g/mol. The number of ether oxygens (including phenoxy) is 5. The Morgan fingerprint density at radius 3 is 2.31 bits per heavy atom. The number of aliphatic hydroxyl groups excluding tert-OH is 1. The highest BCUT2D eigenvalue weighted by atomic mass is 16.6. The lowest BCUT2D eigenvalue weighted by Crippen LogP contribution is -2.78. The molecule has 3 N–H and O–H groups in total. The van der Waals surface area contributed by atoms with Crippen molar-refractivity contribution >= 4 is 5.97 Å². The minimum absolute atomic E-state index is 0.00271. The van der Waals surface area contributed by atoms with Gasteiger partial charge in [-0.05, 0) is 55.5 Å². The minimum atomic E-state index is -1.48. The summed E-state index contributed by atoms with van der Waals surface area (Å²) in [6.07, 6.45) is -0.842. The third-order valence-corrected chi connectivity index (χ3v) is 12.9. The van der Waals surface area contributed by atoms with Crippen LogP contribution < -0.4 is 4.74 Å². The number of hydrogen-bond donors (Lipinski definition) is 3. The third-order valence-electron chi connectivity index (χ3n) is 12.9. The molecule has 5 saturated carbocycles. The molecule has 232 valence electrons. The number of rotatable bonds is 8. The summed E-state index contributed by atoms with van der Waals surface area (Å²) >= 11 is 0. The normalized spacial score (nSPS) is 50.0. The molecule has 42 heavy (non-hydrogen) atoms. The molecule has 10 nitrogen and oxygen atoms in total. The summed E-state index contributed by atoms with van der Waals surface area (Å²) in [5.41, 5.74) is -3.38. The molecule has 1 aliphatic heterocycles. The number of fused-ring (bicyclic) bond motifs is 2. The van der Waals surface area contributed by atoms with Crippen molar-refractivity contribution in [1.82, 2.24) is 4.90 Å². The van der Waals surface area contributed by atoms with E-state index in [2.05, 4.69) is 11.8 Å². The number of carbonyl (C=O) groups is 1. The van der Waals surface area contributed by atoms with Crippen LogP contribution in [0.25, 0.3) is 0 Å². The Kier molecular flexibility index (Phi) is 6.62. The molecule has 1 saturated heterocycles. The van der Waals surface area contributed by atoms with E-state index in [1.807, 2.05) is 0 Å². The molecule has 5 aliphatic carbocycles. The van der Waals surface area contributed by atoms with Crippen LogP contribution in [-0.2, 0) is 18.9 Å². The molecular weight excluding hydrogens is 542 g/mol. The lowest BCUT2D eigenvalue weighted by molar-refractivity contribution is -0.297. The Morgan fingerprint density at radius 1 is 0.976 bits per heavy atom. The Hall–Kier alpha value is -1.79. The van der Waals surface area contributed by atoms with Crippen LogP contribution in [0.3, 0.4) is 0 Å². The van der Waals surface area contributed by atoms with E-state index in [0.717, 1.165) is 6.54 Å². The molecule has 6 fully saturated rings. The Balaban J connectivity index is 1.38. The van der Waals surface area contributed by atoms with Crippen molar-refractivity contribution in [2.24, 2.45) is 34.5 Å². The van der Waals surface area contributed by atoms with E-state index < -0.39 is 52.2 Å². The van der Waals surface area contributed by atoms with Gasteiger partial charge in [0.1, 0.15) is 17.5 Å². The SMILES string of the molecule is CCN1C[C@]2(COC)[C@H](O)C[C@H](OC)[C@@]34C5C[C@]6(O)[C@@H](OC)C[C@@](O)(C5[C@H]6OC(=O)c5ccc(OC)cc5)[C@@H](C[C@H]23)C14. The first-order chi connectivity index (χ1) is 20.1.